The van der Waals surface area contributed by atoms with Gasteiger partial charge in [0.05, 0.1) is 0 Å². The minimum atomic E-state index is -0.183. The van der Waals surface area contributed by atoms with E-state index in [1.54, 1.807) is 12.1 Å². The predicted octanol–water partition coefficient (Wildman–Crippen LogP) is 3.36. The van der Waals surface area contributed by atoms with Gasteiger partial charge in [-0.3, -0.25) is 0 Å². The Labute approximate surface area is 96.3 Å². The van der Waals surface area contributed by atoms with Crippen molar-refractivity contribution < 1.29 is 4.39 Å². The van der Waals surface area contributed by atoms with E-state index < -0.39 is 0 Å². The molecular weight excluding hydrogens is 213 g/mol. The lowest BCUT2D eigenvalue weighted by molar-refractivity contribution is 0.580. The van der Waals surface area contributed by atoms with E-state index in [1.807, 2.05) is 6.92 Å². The molecule has 0 saturated heterocycles. The van der Waals surface area contributed by atoms with Gasteiger partial charge in [-0.15, -0.1) is 12.4 Å². The Morgan fingerprint density at radius 3 is 2.73 bits per heavy atom. The first kappa shape index (κ1) is 12.5. The Morgan fingerprint density at radius 2 is 2.13 bits per heavy atom. The molecular formula is C12H17ClFN. The number of benzene rings is 1. The summed E-state index contributed by atoms with van der Waals surface area (Å²) in [6, 6.07) is 4.88. The van der Waals surface area contributed by atoms with Crippen molar-refractivity contribution in [3.8, 4) is 0 Å². The van der Waals surface area contributed by atoms with E-state index in [9.17, 15) is 4.39 Å². The van der Waals surface area contributed by atoms with Crippen LogP contribution in [0.4, 0.5) is 4.39 Å². The molecule has 2 N–H and O–H groups in total. The fourth-order valence-corrected chi connectivity index (χ4v) is 1.85. The Bertz CT molecular complexity index is 336. The monoisotopic (exact) mass is 229 g/mol. The number of rotatable bonds is 3. The Kier molecular flexibility index (Phi) is 4.12. The maximum absolute atomic E-state index is 13.0. The molecule has 1 nitrogen and oxygen atoms in total. The lowest BCUT2D eigenvalue weighted by atomic mass is 9.97. The largest absolute Gasteiger partial charge is 0.324 e. The van der Waals surface area contributed by atoms with Gasteiger partial charge in [0.1, 0.15) is 5.82 Å². The van der Waals surface area contributed by atoms with Gasteiger partial charge in [0.25, 0.3) is 0 Å². The van der Waals surface area contributed by atoms with Gasteiger partial charge in [0.2, 0.25) is 0 Å². The van der Waals surface area contributed by atoms with E-state index >= 15 is 0 Å². The minimum absolute atomic E-state index is 0. The molecule has 0 aromatic heterocycles. The van der Waals surface area contributed by atoms with Gasteiger partial charge in [-0.1, -0.05) is 18.9 Å². The minimum Gasteiger partial charge on any atom is -0.324 e. The van der Waals surface area contributed by atoms with E-state index in [0.29, 0.717) is 0 Å². The molecule has 1 atom stereocenters. The third-order valence-corrected chi connectivity index (χ3v) is 2.92. The van der Waals surface area contributed by atoms with Crippen LogP contribution in [0.15, 0.2) is 18.2 Å². The molecule has 15 heavy (non-hydrogen) atoms. The number of hydrogen-bond acceptors (Lipinski definition) is 1. The summed E-state index contributed by atoms with van der Waals surface area (Å²) in [7, 11) is 0. The summed E-state index contributed by atoms with van der Waals surface area (Å²) in [4.78, 5) is 0. The molecule has 0 unspecified atom stereocenters. The van der Waals surface area contributed by atoms with Crippen LogP contribution in [0.5, 0.6) is 0 Å². The summed E-state index contributed by atoms with van der Waals surface area (Å²) in [6.07, 6.45) is 3.59. The molecule has 1 aliphatic rings. The van der Waals surface area contributed by atoms with Crippen LogP contribution in [-0.4, -0.2) is 0 Å². The predicted molar refractivity (Wildman–Crippen MR) is 62.7 cm³/mol. The van der Waals surface area contributed by atoms with E-state index in [2.05, 4.69) is 0 Å². The summed E-state index contributed by atoms with van der Waals surface area (Å²) in [6.45, 7) is 1.99. The highest BCUT2D eigenvalue weighted by molar-refractivity contribution is 5.85. The average Bonchev–Trinajstić information content (AvgIpc) is 2.93. The molecule has 0 amide bonds. The molecule has 0 aliphatic heterocycles. The molecule has 1 aromatic rings. The SMILES string of the molecule is Cc1ccc(F)cc1[C@H](N)CC1CC1.Cl. The summed E-state index contributed by atoms with van der Waals surface area (Å²) in [5.74, 6) is 0.601. The number of nitrogens with two attached hydrogens (primary N) is 1. The van der Waals surface area contributed by atoms with Crippen molar-refractivity contribution in [2.45, 2.75) is 32.2 Å². The van der Waals surface area contributed by atoms with Crippen molar-refractivity contribution >= 4 is 12.4 Å². The van der Waals surface area contributed by atoms with Crippen LogP contribution in [0.25, 0.3) is 0 Å². The molecule has 2 rings (SSSR count). The highest BCUT2D eigenvalue weighted by atomic mass is 35.5. The van der Waals surface area contributed by atoms with Crippen molar-refractivity contribution in [3.05, 3.63) is 35.1 Å². The third-order valence-electron chi connectivity index (χ3n) is 2.92. The van der Waals surface area contributed by atoms with Crippen LogP contribution >= 0.6 is 12.4 Å². The quantitative estimate of drug-likeness (QED) is 0.845. The van der Waals surface area contributed by atoms with Crippen molar-refractivity contribution in [3.63, 3.8) is 0 Å². The van der Waals surface area contributed by atoms with Crippen molar-refractivity contribution in [2.75, 3.05) is 0 Å². The van der Waals surface area contributed by atoms with Gasteiger partial charge in [-0.25, -0.2) is 4.39 Å². The van der Waals surface area contributed by atoms with Gasteiger partial charge >= 0.3 is 0 Å². The van der Waals surface area contributed by atoms with Crippen LogP contribution < -0.4 is 5.73 Å². The Hall–Kier alpha value is -0.600. The second-order valence-electron chi connectivity index (χ2n) is 4.29. The van der Waals surface area contributed by atoms with Crippen molar-refractivity contribution in [1.29, 1.82) is 0 Å². The van der Waals surface area contributed by atoms with Gasteiger partial charge < -0.3 is 5.73 Å². The summed E-state index contributed by atoms with van der Waals surface area (Å²) >= 11 is 0. The smallest absolute Gasteiger partial charge is 0.123 e. The van der Waals surface area contributed by atoms with Gasteiger partial charge in [-0.2, -0.15) is 0 Å². The third kappa shape index (κ3) is 3.18. The normalized spacial score (nSPS) is 17.0. The summed E-state index contributed by atoms with van der Waals surface area (Å²) < 4.78 is 13.0. The molecule has 1 aliphatic carbocycles. The molecule has 84 valence electrons. The first-order chi connectivity index (χ1) is 6.66. The van der Waals surface area contributed by atoms with Gasteiger partial charge in [0.15, 0.2) is 0 Å². The number of halogens is 2. The molecule has 0 spiro atoms. The highest BCUT2D eigenvalue weighted by Crippen LogP contribution is 2.37. The van der Waals surface area contributed by atoms with Crippen LogP contribution in [0.2, 0.25) is 0 Å². The second-order valence-corrected chi connectivity index (χ2v) is 4.29. The zero-order valence-corrected chi connectivity index (χ0v) is 9.69. The molecule has 1 aromatic carbocycles. The molecule has 1 fully saturated rings. The van der Waals surface area contributed by atoms with Crippen molar-refractivity contribution in [2.24, 2.45) is 11.7 Å². The summed E-state index contributed by atoms with van der Waals surface area (Å²) in [5, 5.41) is 0. The fourth-order valence-electron chi connectivity index (χ4n) is 1.85. The van der Waals surface area contributed by atoms with Crippen LogP contribution in [0.3, 0.4) is 0 Å². The van der Waals surface area contributed by atoms with E-state index in [-0.39, 0.29) is 24.3 Å². The zero-order valence-electron chi connectivity index (χ0n) is 8.87. The van der Waals surface area contributed by atoms with E-state index in [0.717, 1.165) is 23.5 Å². The van der Waals surface area contributed by atoms with Crippen LogP contribution in [0, 0.1) is 18.7 Å². The molecule has 1 saturated carbocycles. The first-order valence-electron chi connectivity index (χ1n) is 5.18. The van der Waals surface area contributed by atoms with E-state index in [4.69, 9.17) is 5.73 Å². The standard InChI is InChI=1S/C12H16FN.ClH/c1-8-2-5-10(13)7-11(8)12(14)6-9-3-4-9;/h2,5,7,9,12H,3-4,6,14H2,1H3;1H/t12-;/m1./s1. The number of aryl methyl sites for hydroxylation is 1. The molecule has 3 heteroatoms. The van der Waals surface area contributed by atoms with Gasteiger partial charge in [0, 0.05) is 6.04 Å². The zero-order chi connectivity index (χ0) is 10.1. The van der Waals surface area contributed by atoms with Crippen molar-refractivity contribution in [1.82, 2.24) is 0 Å². The molecule has 0 radical (unpaired) electrons. The summed E-state index contributed by atoms with van der Waals surface area (Å²) in [5.41, 5.74) is 8.11. The maximum atomic E-state index is 13.0. The van der Waals surface area contributed by atoms with Crippen LogP contribution in [0.1, 0.15) is 36.4 Å². The molecule has 0 heterocycles. The Balaban J connectivity index is 0.00000112. The second kappa shape index (κ2) is 4.95. The number of hydrogen-bond donors (Lipinski definition) is 1. The maximum Gasteiger partial charge on any atom is 0.123 e. The van der Waals surface area contributed by atoms with Gasteiger partial charge in [-0.05, 0) is 42.5 Å². The first-order valence-corrected chi connectivity index (χ1v) is 5.18. The lowest BCUT2D eigenvalue weighted by Gasteiger charge is -2.14. The van der Waals surface area contributed by atoms with E-state index in [1.165, 1.54) is 18.9 Å². The topological polar surface area (TPSA) is 26.0 Å². The Morgan fingerprint density at radius 1 is 1.47 bits per heavy atom. The average molecular weight is 230 g/mol. The fraction of sp³-hybridized carbons (Fsp3) is 0.500. The van der Waals surface area contributed by atoms with Crippen LogP contribution in [-0.2, 0) is 0 Å². The highest BCUT2D eigenvalue weighted by Gasteiger charge is 2.25. The lowest BCUT2D eigenvalue weighted by Crippen LogP contribution is -2.12. The molecule has 0 bridgehead atoms.